The summed E-state index contributed by atoms with van der Waals surface area (Å²) in [5.41, 5.74) is 3.63. The van der Waals surface area contributed by atoms with Gasteiger partial charge in [-0.15, -0.1) is 0 Å². The summed E-state index contributed by atoms with van der Waals surface area (Å²) in [6, 6.07) is 7.27. The molecule has 160 valence electrons. The molecule has 30 heavy (non-hydrogen) atoms. The molecular weight excluding hydrogens is 380 g/mol. The van der Waals surface area contributed by atoms with Gasteiger partial charge in [0.1, 0.15) is 11.5 Å². The summed E-state index contributed by atoms with van der Waals surface area (Å²) in [5.74, 6) is -0.940. The van der Waals surface area contributed by atoms with Gasteiger partial charge in [0.05, 0.1) is 5.56 Å². The first-order valence-corrected chi connectivity index (χ1v) is 10.1. The van der Waals surface area contributed by atoms with Crippen LogP contribution in [0.1, 0.15) is 61.5 Å². The maximum Gasteiger partial charge on any atom is 0.166 e. The Morgan fingerprint density at radius 1 is 0.867 bits per heavy atom. The minimum atomic E-state index is -0.259. The number of carbonyl (C=O) groups is 1. The van der Waals surface area contributed by atoms with Crippen molar-refractivity contribution >= 4 is 5.78 Å². The molecule has 0 amide bonds. The molecule has 2 aromatic rings. The van der Waals surface area contributed by atoms with E-state index in [-0.39, 0.29) is 40.8 Å². The zero-order valence-electron chi connectivity index (χ0n) is 17.8. The molecule has 0 bridgehead atoms. The molecular formula is C25H30O5. The van der Waals surface area contributed by atoms with Crippen LogP contribution in [0.3, 0.4) is 0 Å². The second-order valence-corrected chi connectivity index (χ2v) is 7.78. The van der Waals surface area contributed by atoms with Gasteiger partial charge in [0.25, 0.3) is 0 Å². The minimum absolute atomic E-state index is 0.0409. The highest BCUT2D eigenvalue weighted by atomic mass is 16.3. The number of phenols is 4. The van der Waals surface area contributed by atoms with Gasteiger partial charge in [0.2, 0.25) is 0 Å². The summed E-state index contributed by atoms with van der Waals surface area (Å²) >= 11 is 0. The lowest BCUT2D eigenvalue weighted by Gasteiger charge is -2.11. The molecule has 0 saturated heterocycles. The van der Waals surface area contributed by atoms with E-state index >= 15 is 0 Å². The first-order valence-electron chi connectivity index (χ1n) is 10.1. The average molecular weight is 411 g/mol. The molecule has 0 unspecified atom stereocenters. The highest BCUT2D eigenvalue weighted by molar-refractivity contribution is 5.99. The molecule has 2 aromatic carbocycles. The fourth-order valence-electron chi connectivity index (χ4n) is 3.14. The van der Waals surface area contributed by atoms with Crippen LogP contribution in [0, 0.1) is 0 Å². The first-order chi connectivity index (χ1) is 14.2. The summed E-state index contributed by atoms with van der Waals surface area (Å²) in [6.45, 7) is 6.12. The summed E-state index contributed by atoms with van der Waals surface area (Å²) in [5, 5.41) is 39.7. The lowest BCUT2D eigenvalue weighted by molar-refractivity contribution is 0.0980. The molecule has 0 saturated carbocycles. The Hall–Kier alpha value is -3.21. The molecule has 0 spiro atoms. The maximum absolute atomic E-state index is 12.6. The lowest BCUT2D eigenvalue weighted by atomic mass is 9.97. The highest BCUT2D eigenvalue weighted by Crippen LogP contribution is 2.33. The van der Waals surface area contributed by atoms with Gasteiger partial charge in [-0.2, -0.15) is 0 Å². The topological polar surface area (TPSA) is 98.0 Å². The summed E-state index contributed by atoms with van der Waals surface area (Å²) in [4.78, 5) is 12.6. The van der Waals surface area contributed by atoms with Crippen LogP contribution >= 0.6 is 0 Å². The number of ketones is 1. The van der Waals surface area contributed by atoms with Crippen LogP contribution in [0.15, 0.2) is 53.6 Å². The lowest BCUT2D eigenvalue weighted by Crippen LogP contribution is -2.03. The smallest absolute Gasteiger partial charge is 0.166 e. The third-order valence-corrected chi connectivity index (χ3v) is 4.98. The Bertz CT molecular complexity index is 966. The zero-order chi connectivity index (χ0) is 22.3. The number of carbonyl (C=O) groups excluding carboxylic acids is 1. The number of Topliss-reactive ketones (excluding diaryl/α,β-unsaturated/α-hetero) is 1. The normalized spacial score (nSPS) is 11.4. The largest absolute Gasteiger partial charge is 0.508 e. The molecule has 5 heteroatoms. The van der Waals surface area contributed by atoms with Crippen molar-refractivity contribution in [2.24, 2.45) is 0 Å². The van der Waals surface area contributed by atoms with E-state index in [1.165, 1.54) is 29.8 Å². The Morgan fingerprint density at radius 2 is 1.57 bits per heavy atom. The SMILES string of the molecule is CC(C)=CCC/C(C)=C/Cc1c(O)ccc(C(=O)CCc2ccc(O)c(O)c2)c1O. The summed E-state index contributed by atoms with van der Waals surface area (Å²) in [6.07, 6.45) is 6.77. The predicted octanol–water partition coefficient (Wildman–Crippen LogP) is 5.56. The molecule has 0 aromatic heterocycles. The Kier molecular flexibility index (Phi) is 8.10. The van der Waals surface area contributed by atoms with E-state index in [0.717, 1.165) is 18.4 Å². The molecule has 0 aliphatic heterocycles. The first kappa shape index (κ1) is 23.1. The van der Waals surface area contributed by atoms with Gasteiger partial charge in [-0.05, 0) is 76.3 Å². The zero-order valence-corrected chi connectivity index (χ0v) is 17.8. The third kappa shape index (κ3) is 6.41. The maximum atomic E-state index is 12.6. The van der Waals surface area contributed by atoms with Gasteiger partial charge in [-0.3, -0.25) is 4.79 Å². The molecule has 5 nitrogen and oxygen atoms in total. The molecule has 0 atom stereocenters. The number of benzene rings is 2. The van der Waals surface area contributed by atoms with Gasteiger partial charge in [-0.1, -0.05) is 29.4 Å². The second kappa shape index (κ2) is 10.5. The van der Waals surface area contributed by atoms with E-state index < -0.39 is 0 Å². The van der Waals surface area contributed by atoms with Crippen LogP contribution in [0.5, 0.6) is 23.0 Å². The van der Waals surface area contributed by atoms with E-state index in [9.17, 15) is 25.2 Å². The monoisotopic (exact) mass is 410 g/mol. The van der Waals surface area contributed by atoms with Crippen LogP contribution in [-0.2, 0) is 12.8 Å². The van der Waals surface area contributed by atoms with Gasteiger partial charge in [-0.25, -0.2) is 0 Å². The predicted molar refractivity (Wildman–Crippen MR) is 118 cm³/mol. The number of aryl methyl sites for hydroxylation is 1. The van der Waals surface area contributed by atoms with Crippen molar-refractivity contribution in [3.8, 4) is 23.0 Å². The number of phenolic OH excluding ortho intramolecular Hbond substituents is 4. The molecule has 0 radical (unpaired) electrons. The third-order valence-electron chi connectivity index (χ3n) is 4.98. The quantitative estimate of drug-likeness (QED) is 0.246. The van der Waals surface area contributed by atoms with E-state index in [1.54, 1.807) is 6.07 Å². The number of allylic oxidation sites excluding steroid dienone is 4. The van der Waals surface area contributed by atoms with Gasteiger partial charge < -0.3 is 20.4 Å². The molecule has 0 heterocycles. The number of hydrogen-bond donors (Lipinski definition) is 4. The van der Waals surface area contributed by atoms with Crippen molar-refractivity contribution < 1.29 is 25.2 Å². The van der Waals surface area contributed by atoms with Gasteiger partial charge in [0, 0.05) is 12.0 Å². The average Bonchev–Trinajstić information content (AvgIpc) is 2.68. The minimum Gasteiger partial charge on any atom is -0.508 e. The number of aromatic hydroxyl groups is 4. The van der Waals surface area contributed by atoms with E-state index in [0.29, 0.717) is 24.0 Å². The van der Waals surface area contributed by atoms with Crippen molar-refractivity contribution in [2.45, 2.75) is 52.9 Å². The fraction of sp³-hybridized carbons (Fsp3) is 0.320. The van der Waals surface area contributed by atoms with Crippen molar-refractivity contribution in [1.82, 2.24) is 0 Å². The second-order valence-electron chi connectivity index (χ2n) is 7.78. The molecule has 4 N–H and O–H groups in total. The Morgan fingerprint density at radius 3 is 2.23 bits per heavy atom. The molecule has 0 aliphatic carbocycles. The van der Waals surface area contributed by atoms with Gasteiger partial charge in [0.15, 0.2) is 17.3 Å². The summed E-state index contributed by atoms with van der Waals surface area (Å²) < 4.78 is 0. The van der Waals surface area contributed by atoms with E-state index in [4.69, 9.17) is 0 Å². The standard InChI is InChI=1S/C25H30O5/c1-16(2)5-4-6-17(3)7-10-19-22(27)14-11-20(25(19)30)21(26)12-8-18-9-13-23(28)24(29)15-18/h5,7,9,11,13-15,27-30H,4,6,8,10,12H2,1-3H3/b17-7+. The van der Waals surface area contributed by atoms with Crippen molar-refractivity contribution in [3.05, 3.63) is 70.3 Å². The van der Waals surface area contributed by atoms with Crippen LogP contribution < -0.4 is 0 Å². The molecule has 2 rings (SSSR count). The van der Waals surface area contributed by atoms with Crippen LogP contribution in [0.25, 0.3) is 0 Å². The van der Waals surface area contributed by atoms with Crippen molar-refractivity contribution in [2.75, 3.05) is 0 Å². The van der Waals surface area contributed by atoms with E-state index in [1.807, 2.05) is 13.0 Å². The van der Waals surface area contributed by atoms with Crippen LogP contribution in [0.2, 0.25) is 0 Å². The molecule has 0 fully saturated rings. The molecule has 0 aliphatic rings. The number of rotatable bonds is 9. The fourth-order valence-corrected chi connectivity index (χ4v) is 3.14. The summed E-state index contributed by atoms with van der Waals surface area (Å²) in [7, 11) is 0. The van der Waals surface area contributed by atoms with E-state index in [2.05, 4.69) is 19.9 Å². The Labute approximate surface area is 177 Å². The van der Waals surface area contributed by atoms with Gasteiger partial charge >= 0.3 is 0 Å². The Balaban J connectivity index is 2.09. The van der Waals surface area contributed by atoms with Crippen LogP contribution in [0.4, 0.5) is 0 Å². The van der Waals surface area contributed by atoms with Crippen LogP contribution in [-0.4, -0.2) is 26.2 Å². The highest BCUT2D eigenvalue weighted by Gasteiger charge is 2.17. The van der Waals surface area contributed by atoms with Crippen molar-refractivity contribution in [1.29, 1.82) is 0 Å². The number of hydrogen-bond acceptors (Lipinski definition) is 5. The van der Waals surface area contributed by atoms with Crippen molar-refractivity contribution in [3.63, 3.8) is 0 Å².